The van der Waals surface area contributed by atoms with Gasteiger partial charge in [-0.15, -0.1) is 0 Å². The zero-order chi connectivity index (χ0) is 93.6. The van der Waals surface area contributed by atoms with Crippen LogP contribution in [0.2, 0.25) is 0 Å². The third kappa shape index (κ3) is 13.4. The predicted molar refractivity (Wildman–Crippen MR) is 591 cm³/mol. The standard InChI is InChI=1S/C59H37N2OP.2C35H23N2OP/c62-63(47-17-2-1-3-18-47)54-23-11-10-22-53(54)61-58-52(21-12-24-55(58)63)60-59(61)41-29-25-40(26-30-41)44-33-34-50-51(37-44)57(46-32-28-39-14-5-7-16-43(39)36-46)49-20-9-8-19-48(49)56(50)45-31-27-38-13-4-6-15-42(38)35-45;38-39(29-12-5-2-6-13-29)32-16-8-7-15-31(32)37-34-30(14-9-17-33(34)39)36-35(37)28-21-20-26-22-25(18-19-27(26)23-28)24-10-3-1-4-11-24;38-39(29-11-2-1-3-12-29)32-15-7-6-14-31(32)37-34-30(13-8-16-33(34)39)36-35(37)26-20-17-25(18-21-26)28-22-19-24-9-4-5-10-27(24)23-28/h1-37H;2*1-23H. The van der Waals surface area contributed by atoms with Crippen molar-refractivity contribution in [2.24, 2.45) is 0 Å². The molecule has 0 N–H and O–H groups in total. The quantitative estimate of drug-likeness (QED) is 0.0944. The summed E-state index contributed by atoms with van der Waals surface area (Å²) in [6.07, 6.45) is 0. The average Bonchev–Trinajstić information content (AvgIpc) is 1.56. The second-order valence-corrected chi connectivity index (χ2v) is 44.7. The molecule has 141 heavy (non-hydrogen) atoms. The summed E-state index contributed by atoms with van der Waals surface area (Å²) in [6.45, 7) is 0. The van der Waals surface area contributed by atoms with Gasteiger partial charge in [0.1, 0.15) is 17.5 Å². The van der Waals surface area contributed by atoms with E-state index in [4.69, 9.17) is 15.0 Å². The number of hydrogen-bond donors (Lipinski definition) is 0. The molecule has 0 amide bonds. The highest BCUT2D eigenvalue weighted by atomic mass is 31.2. The monoisotopic (exact) mass is 1860 g/mol. The molecule has 0 fully saturated rings. The van der Waals surface area contributed by atoms with Crippen LogP contribution >= 0.6 is 21.4 Å². The summed E-state index contributed by atoms with van der Waals surface area (Å²) in [5.74, 6) is 2.55. The largest absolute Gasteiger partial charge is 0.308 e. The molecule has 0 saturated carbocycles. The molecule has 0 spiro atoms. The number of imidazole rings is 3. The number of hydrogen-bond acceptors (Lipinski definition) is 6. The van der Waals surface area contributed by atoms with Gasteiger partial charge in [0.15, 0.2) is 21.4 Å². The smallest absolute Gasteiger partial charge is 0.175 e. The van der Waals surface area contributed by atoms with Gasteiger partial charge in [0.25, 0.3) is 0 Å². The van der Waals surface area contributed by atoms with Gasteiger partial charge >= 0.3 is 0 Å². The molecule has 29 rings (SSSR count). The van der Waals surface area contributed by atoms with Gasteiger partial charge in [-0.05, 0) is 229 Å². The Bertz CT molecular complexity index is 9800. The second kappa shape index (κ2) is 33.3. The fraction of sp³-hybridized carbons (Fsp3) is 0. The van der Waals surface area contributed by atoms with Crippen LogP contribution in [0.1, 0.15) is 0 Å². The Morgan fingerprint density at radius 2 is 0.411 bits per heavy atom. The average molecular weight is 1860 g/mol. The maximum atomic E-state index is 15.5. The van der Waals surface area contributed by atoms with Crippen molar-refractivity contribution < 1.29 is 13.7 Å². The van der Waals surface area contributed by atoms with E-state index in [9.17, 15) is 0 Å². The Kier molecular flexibility index (Phi) is 19.6. The summed E-state index contributed by atoms with van der Waals surface area (Å²) < 4.78 is 52.3. The Hall–Kier alpha value is -17.3. The Labute approximate surface area is 813 Å². The van der Waals surface area contributed by atoms with Crippen molar-refractivity contribution in [1.29, 1.82) is 0 Å². The van der Waals surface area contributed by atoms with Gasteiger partial charge in [0.05, 0.1) is 50.2 Å². The van der Waals surface area contributed by atoms with Crippen LogP contribution in [0.25, 0.3) is 205 Å². The normalized spacial score (nSPS) is 15.3. The maximum Gasteiger partial charge on any atom is 0.175 e. The molecule has 0 radical (unpaired) electrons. The van der Waals surface area contributed by atoms with E-state index in [0.717, 1.165) is 154 Å². The molecule has 3 atom stereocenters. The van der Waals surface area contributed by atoms with Gasteiger partial charge in [0.2, 0.25) is 0 Å². The molecular formula is C129H83N6O3P3. The van der Waals surface area contributed by atoms with Gasteiger partial charge in [-0.1, -0.05) is 394 Å². The van der Waals surface area contributed by atoms with Crippen molar-refractivity contribution in [3.8, 4) is 107 Å². The number of rotatable bonds is 11. The molecule has 23 aromatic carbocycles. The fourth-order valence-corrected chi connectivity index (χ4v) is 31.2. The summed E-state index contributed by atoms with van der Waals surface area (Å²) >= 11 is 0. The van der Waals surface area contributed by atoms with Crippen LogP contribution in [0, 0.1) is 0 Å². The molecule has 3 aromatic heterocycles. The van der Waals surface area contributed by atoms with E-state index >= 15 is 13.7 Å². The van der Waals surface area contributed by atoms with E-state index in [2.05, 4.69) is 311 Å². The van der Waals surface area contributed by atoms with Gasteiger partial charge in [-0.25, -0.2) is 15.0 Å². The van der Waals surface area contributed by atoms with Crippen LogP contribution in [-0.2, 0) is 13.7 Å². The van der Waals surface area contributed by atoms with Crippen molar-refractivity contribution in [3.05, 3.63) is 504 Å². The minimum atomic E-state index is -3.16. The number of fused-ring (bicyclic) bond motifs is 12. The molecule has 3 aliphatic heterocycles. The van der Waals surface area contributed by atoms with Gasteiger partial charge < -0.3 is 13.7 Å². The first-order valence-corrected chi connectivity index (χ1v) is 52.8. The molecule has 662 valence electrons. The molecule has 12 heteroatoms. The number of benzene rings is 23. The van der Waals surface area contributed by atoms with Crippen molar-refractivity contribution in [2.45, 2.75) is 0 Å². The van der Waals surface area contributed by atoms with Crippen molar-refractivity contribution >= 4 is 167 Å². The summed E-state index contributed by atoms with van der Waals surface area (Å²) in [5.41, 5.74) is 23.0. The van der Waals surface area contributed by atoms with E-state index in [1.165, 1.54) is 98.2 Å². The molecule has 9 nitrogen and oxygen atoms in total. The SMILES string of the molecule is O=P1(c2ccccc2)c2ccccc2-n2c(-c3ccc(-c4ccc5c(-c6ccc7ccccc7c6)c6ccccc6c(-c6ccc7ccccc7c6)c5c4)cc3)nc3cccc1c32.O=P1(c2ccccc2)c2ccccc2-n2c(-c3ccc(-c4ccc5ccccc5c4)cc3)nc3cccc1c32.O=P1(c2ccccc2)c2ccccc2-n2c(-c3ccc4cc(-c5ccccc5)ccc4c3)nc3cccc1c32. The molecule has 0 bridgehead atoms. The van der Waals surface area contributed by atoms with Crippen molar-refractivity contribution in [1.82, 2.24) is 28.7 Å². The van der Waals surface area contributed by atoms with Crippen molar-refractivity contribution in [2.75, 3.05) is 0 Å². The van der Waals surface area contributed by atoms with E-state index in [1.54, 1.807) is 0 Å². The molecular weight excluding hydrogens is 1770 g/mol. The second-order valence-electron chi connectivity index (χ2n) is 36.6. The van der Waals surface area contributed by atoms with Crippen LogP contribution in [0.3, 0.4) is 0 Å². The van der Waals surface area contributed by atoms with Crippen LogP contribution in [0.5, 0.6) is 0 Å². The highest BCUT2D eigenvalue weighted by molar-refractivity contribution is 7.87. The molecule has 3 aliphatic rings. The van der Waals surface area contributed by atoms with Crippen LogP contribution in [-0.4, -0.2) is 28.7 Å². The topological polar surface area (TPSA) is 105 Å². The first-order chi connectivity index (χ1) is 69.5. The van der Waals surface area contributed by atoms with E-state index in [-0.39, 0.29) is 0 Å². The van der Waals surface area contributed by atoms with Crippen LogP contribution in [0.4, 0.5) is 0 Å². The first-order valence-electron chi connectivity index (χ1n) is 47.7. The highest BCUT2D eigenvalue weighted by Crippen LogP contribution is 2.55. The van der Waals surface area contributed by atoms with Crippen molar-refractivity contribution in [3.63, 3.8) is 0 Å². The number of nitrogens with zero attached hydrogens (tertiary/aromatic N) is 6. The minimum Gasteiger partial charge on any atom is -0.308 e. The zero-order valence-electron chi connectivity index (χ0n) is 76.2. The Balaban J connectivity index is 0.000000111. The lowest BCUT2D eigenvalue weighted by Gasteiger charge is -2.29. The molecule has 0 saturated heterocycles. The van der Waals surface area contributed by atoms with Crippen LogP contribution < -0.4 is 47.7 Å². The molecule has 26 aromatic rings. The third-order valence-electron chi connectivity index (χ3n) is 28.7. The third-order valence-corrected chi connectivity index (χ3v) is 38.1. The lowest BCUT2D eigenvalue weighted by Crippen LogP contribution is -2.32. The summed E-state index contributed by atoms with van der Waals surface area (Å²) in [4.78, 5) is 15.5. The van der Waals surface area contributed by atoms with E-state index < -0.39 is 21.4 Å². The van der Waals surface area contributed by atoms with Gasteiger partial charge in [-0.2, -0.15) is 0 Å². The molecule has 0 aliphatic carbocycles. The summed E-state index contributed by atoms with van der Waals surface area (Å²) in [5, 5.41) is 22.2. The minimum absolute atomic E-state index is 0.828. The highest BCUT2D eigenvalue weighted by Gasteiger charge is 2.44. The Morgan fingerprint density at radius 1 is 0.163 bits per heavy atom. The zero-order valence-corrected chi connectivity index (χ0v) is 78.9. The summed E-state index contributed by atoms with van der Waals surface area (Å²) in [7, 11) is -9.31. The fourth-order valence-electron chi connectivity index (χ4n) is 22.1. The molecule has 3 unspecified atom stereocenters. The van der Waals surface area contributed by atoms with Gasteiger partial charge in [-0.3, -0.25) is 13.7 Å². The first kappa shape index (κ1) is 83.1. The van der Waals surface area contributed by atoms with Crippen LogP contribution in [0.15, 0.2) is 504 Å². The maximum absolute atomic E-state index is 15.5. The lowest BCUT2D eigenvalue weighted by molar-refractivity contribution is 0.591. The lowest BCUT2D eigenvalue weighted by atomic mass is 9.84. The molecule has 6 heterocycles. The van der Waals surface area contributed by atoms with E-state index in [0.29, 0.717) is 0 Å². The Morgan fingerprint density at radius 3 is 0.809 bits per heavy atom. The number of para-hydroxylation sites is 6. The summed E-state index contributed by atoms with van der Waals surface area (Å²) in [6, 6.07) is 175. The number of aromatic nitrogens is 6. The van der Waals surface area contributed by atoms with E-state index in [1.807, 2.05) is 206 Å². The predicted octanol–water partition coefficient (Wildman–Crippen LogP) is 29.2. The van der Waals surface area contributed by atoms with Gasteiger partial charge in [0, 0.05) is 64.4 Å².